The first-order valence-corrected chi connectivity index (χ1v) is 27.6. The molecule has 0 N–H and O–H groups in total. The van der Waals surface area contributed by atoms with Crippen molar-refractivity contribution in [2.24, 2.45) is 0 Å². The van der Waals surface area contributed by atoms with E-state index in [4.69, 9.17) is 14.2 Å². The summed E-state index contributed by atoms with van der Waals surface area (Å²) < 4.78 is 16.7. The summed E-state index contributed by atoms with van der Waals surface area (Å²) in [5.41, 5.74) is 0. The minimum absolute atomic E-state index is 0.121. The Morgan fingerprint density at radius 1 is 0.318 bits per heavy atom. The predicted molar refractivity (Wildman–Crippen MR) is 284 cm³/mol. The lowest BCUT2D eigenvalue weighted by Crippen LogP contribution is -2.30. The minimum Gasteiger partial charge on any atom is -0.462 e. The number of carbonyl (C=O) groups excluding carboxylic acids is 3. The summed E-state index contributed by atoms with van der Waals surface area (Å²) in [6.07, 6.45) is 70.3. The van der Waals surface area contributed by atoms with E-state index >= 15 is 0 Å². The number of ether oxygens (including phenoxy) is 3. The maximum absolute atomic E-state index is 12.8. The fourth-order valence-corrected chi connectivity index (χ4v) is 7.55. The van der Waals surface area contributed by atoms with Gasteiger partial charge in [-0.25, -0.2) is 0 Å². The van der Waals surface area contributed by atoms with Crippen LogP contribution in [0, 0.1) is 0 Å². The van der Waals surface area contributed by atoms with Crippen molar-refractivity contribution in [3.63, 3.8) is 0 Å². The highest BCUT2D eigenvalue weighted by Crippen LogP contribution is 2.16. The average molecular weight is 919 g/mol. The van der Waals surface area contributed by atoms with E-state index in [1.165, 1.54) is 141 Å². The first-order chi connectivity index (χ1) is 32.5. The molecule has 0 fully saturated rings. The zero-order valence-electron chi connectivity index (χ0n) is 43.2. The molecule has 66 heavy (non-hydrogen) atoms. The molecule has 6 nitrogen and oxygen atoms in total. The second-order valence-electron chi connectivity index (χ2n) is 18.1. The van der Waals surface area contributed by atoms with Gasteiger partial charge in [-0.1, -0.05) is 254 Å². The van der Waals surface area contributed by atoms with Gasteiger partial charge in [0, 0.05) is 19.3 Å². The van der Waals surface area contributed by atoms with Gasteiger partial charge >= 0.3 is 17.9 Å². The lowest BCUT2D eigenvalue weighted by atomic mass is 10.0. The summed E-state index contributed by atoms with van der Waals surface area (Å²) in [7, 11) is 0. The first kappa shape index (κ1) is 62.6. The van der Waals surface area contributed by atoms with Crippen molar-refractivity contribution >= 4 is 17.9 Å². The quantitative estimate of drug-likeness (QED) is 0.0262. The number of allylic oxidation sites excluding steroid dienone is 14. The van der Waals surface area contributed by atoms with Crippen LogP contribution < -0.4 is 0 Å². The molecule has 1 atom stereocenters. The molecule has 0 aromatic heterocycles. The van der Waals surface area contributed by atoms with Crippen LogP contribution in [0.1, 0.15) is 258 Å². The van der Waals surface area contributed by atoms with Crippen molar-refractivity contribution in [1.29, 1.82) is 0 Å². The Kier molecular flexibility index (Phi) is 51.4. The van der Waals surface area contributed by atoms with Crippen LogP contribution in [0.5, 0.6) is 0 Å². The zero-order chi connectivity index (χ0) is 47.9. The third kappa shape index (κ3) is 51.6. The third-order valence-electron chi connectivity index (χ3n) is 11.7. The average Bonchev–Trinajstić information content (AvgIpc) is 3.31. The Morgan fingerprint density at radius 2 is 0.621 bits per heavy atom. The molecule has 0 saturated carbocycles. The Hall–Kier alpha value is -3.41. The Morgan fingerprint density at radius 3 is 1.02 bits per heavy atom. The van der Waals surface area contributed by atoms with E-state index in [9.17, 15) is 14.4 Å². The molecule has 0 bridgehead atoms. The van der Waals surface area contributed by atoms with Crippen molar-refractivity contribution < 1.29 is 28.6 Å². The van der Waals surface area contributed by atoms with Gasteiger partial charge in [-0.3, -0.25) is 14.4 Å². The summed E-state index contributed by atoms with van der Waals surface area (Å²) in [6, 6.07) is 0. The van der Waals surface area contributed by atoms with E-state index in [1.807, 2.05) is 18.2 Å². The van der Waals surface area contributed by atoms with Crippen LogP contribution >= 0.6 is 0 Å². The van der Waals surface area contributed by atoms with Gasteiger partial charge in [0.25, 0.3) is 0 Å². The number of unbranched alkanes of at least 4 members (excludes halogenated alkanes) is 24. The largest absolute Gasteiger partial charge is 0.462 e. The van der Waals surface area contributed by atoms with Gasteiger partial charge in [0.1, 0.15) is 13.2 Å². The molecule has 0 heterocycles. The predicted octanol–water partition coefficient (Wildman–Crippen LogP) is 18.4. The number of rotatable bonds is 49. The molecule has 0 aromatic carbocycles. The zero-order valence-corrected chi connectivity index (χ0v) is 43.2. The Bertz CT molecular complexity index is 1290. The Balaban J connectivity index is 4.48. The maximum Gasteiger partial charge on any atom is 0.306 e. The normalized spacial score (nSPS) is 12.7. The second kappa shape index (κ2) is 54.2. The van der Waals surface area contributed by atoms with Gasteiger partial charge in [0.2, 0.25) is 0 Å². The molecule has 0 spiro atoms. The van der Waals surface area contributed by atoms with Crippen LogP contribution in [0.4, 0.5) is 0 Å². The number of hydrogen-bond donors (Lipinski definition) is 0. The standard InChI is InChI=1S/C60H102O6/c1-4-7-10-13-16-19-22-25-27-29-30-31-33-35-38-41-44-47-50-53-59(62)65-56-57(55-64-58(61)52-49-46-43-40-37-34-24-21-18-15-12-9-6-3)66-60(63)54-51-48-45-42-39-36-32-28-26-23-20-17-14-11-8-5-2/h8,11,17,20,26,28,34,36-37,39,43,45-46,48,57H,4-7,9-10,12-16,18-19,21-25,27,29-33,35,38,40-42,44,47,49-56H2,1-3H3/b11-8+,20-17+,28-26+,37-34+,39-36+,46-43+,48-45+. The van der Waals surface area contributed by atoms with Crippen LogP contribution in [-0.2, 0) is 28.6 Å². The molecule has 0 aliphatic heterocycles. The lowest BCUT2D eigenvalue weighted by molar-refractivity contribution is -0.166. The molecule has 0 rings (SSSR count). The van der Waals surface area contributed by atoms with Gasteiger partial charge in [0.05, 0.1) is 0 Å². The SMILES string of the molecule is CC/C=C/C/C=C/C/C=C/C/C=C/C/C=C/CCC(=O)OC(COC(=O)CC/C=C/C/C=C/CCCCCCCC)COC(=O)CCCCCCCCCCCCCCCCCCCCC. The topological polar surface area (TPSA) is 78.9 Å². The minimum atomic E-state index is -0.837. The fourth-order valence-electron chi connectivity index (χ4n) is 7.55. The summed E-state index contributed by atoms with van der Waals surface area (Å²) >= 11 is 0. The van der Waals surface area contributed by atoms with Gasteiger partial charge < -0.3 is 14.2 Å². The van der Waals surface area contributed by atoms with Crippen LogP contribution in [0.2, 0.25) is 0 Å². The van der Waals surface area contributed by atoms with E-state index in [2.05, 4.69) is 87.6 Å². The van der Waals surface area contributed by atoms with Gasteiger partial charge in [-0.05, 0) is 70.6 Å². The van der Waals surface area contributed by atoms with Crippen LogP contribution in [0.3, 0.4) is 0 Å². The molecule has 0 saturated heterocycles. The number of carbonyl (C=O) groups is 3. The molecule has 378 valence electrons. The van der Waals surface area contributed by atoms with Gasteiger partial charge in [-0.2, -0.15) is 0 Å². The van der Waals surface area contributed by atoms with Crippen molar-refractivity contribution in [2.75, 3.05) is 13.2 Å². The van der Waals surface area contributed by atoms with E-state index in [0.717, 1.165) is 64.2 Å². The molecule has 0 aliphatic carbocycles. The van der Waals surface area contributed by atoms with Gasteiger partial charge in [0.15, 0.2) is 6.10 Å². The van der Waals surface area contributed by atoms with Crippen molar-refractivity contribution in [3.05, 3.63) is 85.1 Å². The van der Waals surface area contributed by atoms with E-state index in [1.54, 1.807) is 0 Å². The highest BCUT2D eigenvalue weighted by Gasteiger charge is 2.19. The van der Waals surface area contributed by atoms with Crippen LogP contribution in [0.25, 0.3) is 0 Å². The molecular formula is C60H102O6. The molecule has 0 radical (unpaired) electrons. The number of esters is 3. The lowest BCUT2D eigenvalue weighted by Gasteiger charge is -2.18. The Labute approximate surface area is 407 Å². The van der Waals surface area contributed by atoms with Crippen LogP contribution in [-0.4, -0.2) is 37.2 Å². The highest BCUT2D eigenvalue weighted by molar-refractivity contribution is 5.71. The molecule has 0 amide bonds. The van der Waals surface area contributed by atoms with E-state index < -0.39 is 12.1 Å². The molecule has 1 unspecified atom stereocenters. The van der Waals surface area contributed by atoms with E-state index in [-0.39, 0.29) is 38.0 Å². The van der Waals surface area contributed by atoms with Gasteiger partial charge in [-0.15, -0.1) is 0 Å². The molecular weight excluding hydrogens is 817 g/mol. The fraction of sp³-hybridized carbons (Fsp3) is 0.717. The highest BCUT2D eigenvalue weighted by atomic mass is 16.6. The molecule has 0 aliphatic rings. The summed E-state index contributed by atoms with van der Waals surface area (Å²) in [6.45, 7) is 6.42. The smallest absolute Gasteiger partial charge is 0.306 e. The maximum atomic E-state index is 12.8. The molecule has 0 aromatic rings. The monoisotopic (exact) mass is 919 g/mol. The summed E-state index contributed by atoms with van der Waals surface area (Å²) in [5, 5.41) is 0. The number of hydrogen-bond acceptors (Lipinski definition) is 6. The van der Waals surface area contributed by atoms with E-state index in [0.29, 0.717) is 19.3 Å². The second-order valence-corrected chi connectivity index (χ2v) is 18.1. The summed E-state index contributed by atoms with van der Waals surface area (Å²) in [5.74, 6) is -1.07. The molecule has 6 heteroatoms. The first-order valence-electron chi connectivity index (χ1n) is 27.6. The van der Waals surface area contributed by atoms with Crippen LogP contribution in [0.15, 0.2) is 85.1 Å². The third-order valence-corrected chi connectivity index (χ3v) is 11.7. The summed E-state index contributed by atoms with van der Waals surface area (Å²) in [4.78, 5) is 38.0. The van der Waals surface area contributed by atoms with Crippen molar-refractivity contribution in [2.45, 2.75) is 264 Å². The van der Waals surface area contributed by atoms with Crippen molar-refractivity contribution in [1.82, 2.24) is 0 Å². The van der Waals surface area contributed by atoms with Crippen molar-refractivity contribution in [3.8, 4) is 0 Å².